The first-order valence-electron chi connectivity index (χ1n) is 5.28. The van der Waals surface area contributed by atoms with Gasteiger partial charge in [0.1, 0.15) is 0 Å². The summed E-state index contributed by atoms with van der Waals surface area (Å²) in [5.41, 5.74) is 2.28. The Kier molecular flexibility index (Phi) is 3.62. The Morgan fingerprint density at radius 1 is 1.25 bits per heavy atom. The van der Waals surface area contributed by atoms with Gasteiger partial charge in [-0.1, -0.05) is 30.3 Å². The van der Waals surface area contributed by atoms with Crippen molar-refractivity contribution < 1.29 is 0 Å². The maximum Gasteiger partial charge on any atom is 0.0949 e. The number of aryl methyl sites for hydroxylation is 2. The van der Waals surface area contributed by atoms with Crippen molar-refractivity contribution in [2.24, 2.45) is 0 Å². The molecule has 1 aromatic carbocycles. The number of benzene rings is 1. The Morgan fingerprint density at radius 3 is 2.50 bits per heavy atom. The molecule has 16 heavy (non-hydrogen) atoms. The van der Waals surface area contributed by atoms with E-state index in [-0.39, 0.29) is 5.38 Å². The van der Waals surface area contributed by atoms with Crippen LogP contribution in [0.4, 0.5) is 0 Å². The molecule has 0 fully saturated rings. The van der Waals surface area contributed by atoms with Gasteiger partial charge in [0.25, 0.3) is 0 Å². The van der Waals surface area contributed by atoms with Gasteiger partial charge in [0.2, 0.25) is 0 Å². The number of hydrogen-bond acceptors (Lipinski definition) is 2. The van der Waals surface area contributed by atoms with E-state index in [1.807, 2.05) is 25.1 Å². The monoisotopic (exact) mass is 251 g/mol. The first-order valence-corrected chi connectivity index (χ1v) is 6.54. The molecule has 0 N–H and O–H groups in total. The van der Waals surface area contributed by atoms with Crippen molar-refractivity contribution in [1.29, 1.82) is 0 Å². The van der Waals surface area contributed by atoms with Crippen molar-refractivity contribution in [3.63, 3.8) is 0 Å². The summed E-state index contributed by atoms with van der Waals surface area (Å²) in [6.07, 6.45) is 0.810. The minimum atomic E-state index is 0.0196. The van der Waals surface area contributed by atoms with Crippen LogP contribution in [-0.2, 0) is 6.42 Å². The first kappa shape index (κ1) is 11.6. The Hall–Kier alpha value is -0.860. The van der Waals surface area contributed by atoms with Gasteiger partial charge in [0.05, 0.1) is 16.1 Å². The Labute approximate surface area is 105 Å². The second-order valence-electron chi connectivity index (χ2n) is 3.83. The molecule has 0 spiro atoms. The maximum absolute atomic E-state index is 6.37. The number of aromatic nitrogens is 1. The third-order valence-electron chi connectivity index (χ3n) is 2.59. The van der Waals surface area contributed by atoms with Crippen LogP contribution in [-0.4, -0.2) is 4.98 Å². The van der Waals surface area contributed by atoms with Crippen molar-refractivity contribution in [3.8, 4) is 0 Å². The normalized spacial score (nSPS) is 12.7. The van der Waals surface area contributed by atoms with Gasteiger partial charge < -0.3 is 0 Å². The third-order valence-corrected chi connectivity index (χ3v) is 4.09. The molecule has 0 aliphatic heterocycles. The molecule has 0 bridgehead atoms. The molecule has 0 saturated heterocycles. The van der Waals surface area contributed by atoms with Crippen LogP contribution in [0, 0.1) is 13.8 Å². The molecule has 2 aromatic rings. The molecule has 0 radical (unpaired) electrons. The lowest BCUT2D eigenvalue weighted by Crippen LogP contribution is -1.95. The largest absolute Gasteiger partial charge is 0.246 e. The van der Waals surface area contributed by atoms with Crippen molar-refractivity contribution >= 4 is 22.9 Å². The molecule has 84 valence electrons. The van der Waals surface area contributed by atoms with Crippen LogP contribution in [0.2, 0.25) is 0 Å². The number of rotatable bonds is 3. The van der Waals surface area contributed by atoms with E-state index in [1.54, 1.807) is 11.3 Å². The molecule has 0 amide bonds. The summed E-state index contributed by atoms with van der Waals surface area (Å²) in [5, 5.41) is 1.14. The van der Waals surface area contributed by atoms with Crippen LogP contribution in [0.5, 0.6) is 0 Å². The minimum absolute atomic E-state index is 0.0196. The van der Waals surface area contributed by atoms with Crippen molar-refractivity contribution in [2.75, 3.05) is 0 Å². The zero-order valence-electron chi connectivity index (χ0n) is 9.40. The highest BCUT2D eigenvalue weighted by molar-refractivity contribution is 7.11. The lowest BCUT2D eigenvalue weighted by Gasteiger charge is -2.06. The summed E-state index contributed by atoms with van der Waals surface area (Å²) >= 11 is 8.11. The predicted octanol–water partition coefficient (Wildman–Crippen LogP) is 4.28. The lowest BCUT2D eigenvalue weighted by molar-refractivity contribution is 0.901. The van der Waals surface area contributed by atoms with Crippen LogP contribution < -0.4 is 0 Å². The molecular formula is C13H14ClNS. The molecule has 1 atom stereocenters. The van der Waals surface area contributed by atoms with E-state index >= 15 is 0 Å². The molecule has 1 unspecified atom stereocenters. The Balaban J connectivity index is 2.11. The minimum Gasteiger partial charge on any atom is -0.246 e. The van der Waals surface area contributed by atoms with Gasteiger partial charge in [-0.25, -0.2) is 4.98 Å². The fourth-order valence-electron chi connectivity index (χ4n) is 1.56. The van der Waals surface area contributed by atoms with Crippen LogP contribution in [0.15, 0.2) is 30.3 Å². The highest BCUT2D eigenvalue weighted by Gasteiger charge is 2.12. The predicted molar refractivity (Wildman–Crippen MR) is 70.3 cm³/mol. The maximum atomic E-state index is 6.37. The van der Waals surface area contributed by atoms with Crippen molar-refractivity contribution in [1.82, 2.24) is 4.98 Å². The fourth-order valence-corrected chi connectivity index (χ4v) is 2.92. The highest BCUT2D eigenvalue weighted by atomic mass is 35.5. The number of alkyl halides is 1. The zero-order valence-corrected chi connectivity index (χ0v) is 11.0. The number of halogens is 1. The summed E-state index contributed by atoms with van der Waals surface area (Å²) in [4.78, 5) is 5.79. The molecule has 0 aliphatic rings. The molecule has 1 heterocycles. The van der Waals surface area contributed by atoms with E-state index in [0.29, 0.717) is 0 Å². The smallest absolute Gasteiger partial charge is 0.0949 e. The molecule has 1 aromatic heterocycles. The number of hydrogen-bond donors (Lipinski definition) is 0. The van der Waals surface area contributed by atoms with Gasteiger partial charge in [-0.3, -0.25) is 0 Å². The quantitative estimate of drug-likeness (QED) is 0.742. The zero-order chi connectivity index (χ0) is 11.5. The van der Waals surface area contributed by atoms with E-state index in [0.717, 1.165) is 22.7 Å². The summed E-state index contributed by atoms with van der Waals surface area (Å²) in [5.74, 6) is 0. The standard InChI is InChI=1S/C13H14ClNS/c1-9-10(2)16-13(15-9)8-12(14)11-6-4-3-5-7-11/h3-7,12H,8H2,1-2H3. The Bertz CT molecular complexity index is 445. The van der Waals surface area contributed by atoms with Crippen LogP contribution in [0.3, 0.4) is 0 Å². The second kappa shape index (κ2) is 4.98. The summed E-state index contributed by atoms with van der Waals surface area (Å²) in [6.45, 7) is 4.14. The van der Waals surface area contributed by atoms with Gasteiger partial charge in [0.15, 0.2) is 0 Å². The molecular weight excluding hydrogens is 238 g/mol. The molecule has 0 saturated carbocycles. The lowest BCUT2D eigenvalue weighted by atomic mass is 10.1. The fraction of sp³-hybridized carbons (Fsp3) is 0.308. The Morgan fingerprint density at radius 2 is 1.94 bits per heavy atom. The first-order chi connectivity index (χ1) is 7.66. The van der Waals surface area contributed by atoms with Gasteiger partial charge in [-0.2, -0.15) is 0 Å². The van der Waals surface area contributed by atoms with Gasteiger partial charge >= 0.3 is 0 Å². The van der Waals surface area contributed by atoms with Gasteiger partial charge in [-0.15, -0.1) is 22.9 Å². The SMILES string of the molecule is Cc1nc(CC(Cl)c2ccccc2)sc1C. The molecule has 2 rings (SSSR count). The van der Waals surface area contributed by atoms with E-state index < -0.39 is 0 Å². The summed E-state index contributed by atoms with van der Waals surface area (Å²) < 4.78 is 0. The highest BCUT2D eigenvalue weighted by Crippen LogP contribution is 2.27. The summed E-state index contributed by atoms with van der Waals surface area (Å²) in [7, 11) is 0. The van der Waals surface area contributed by atoms with E-state index in [1.165, 1.54) is 4.88 Å². The van der Waals surface area contributed by atoms with Crippen molar-refractivity contribution in [2.45, 2.75) is 25.6 Å². The van der Waals surface area contributed by atoms with E-state index in [9.17, 15) is 0 Å². The molecule has 3 heteroatoms. The molecule has 0 aliphatic carbocycles. The number of nitrogens with zero attached hydrogens (tertiary/aromatic N) is 1. The van der Waals surface area contributed by atoms with E-state index in [2.05, 4.69) is 24.0 Å². The average molecular weight is 252 g/mol. The van der Waals surface area contributed by atoms with Crippen molar-refractivity contribution in [3.05, 3.63) is 51.5 Å². The van der Waals surface area contributed by atoms with E-state index in [4.69, 9.17) is 11.6 Å². The summed E-state index contributed by atoms with van der Waals surface area (Å²) in [6, 6.07) is 10.2. The van der Waals surface area contributed by atoms with Crippen LogP contribution in [0.1, 0.15) is 26.5 Å². The van der Waals surface area contributed by atoms with Crippen LogP contribution >= 0.6 is 22.9 Å². The van der Waals surface area contributed by atoms with Gasteiger partial charge in [0, 0.05) is 11.3 Å². The second-order valence-corrected chi connectivity index (χ2v) is 5.65. The third kappa shape index (κ3) is 2.63. The van der Waals surface area contributed by atoms with Gasteiger partial charge in [-0.05, 0) is 19.4 Å². The average Bonchev–Trinajstić information content (AvgIpc) is 2.59. The molecule has 1 nitrogen and oxygen atoms in total. The number of thiazole rings is 1. The van der Waals surface area contributed by atoms with Crippen LogP contribution in [0.25, 0.3) is 0 Å². The topological polar surface area (TPSA) is 12.9 Å².